The van der Waals surface area contributed by atoms with E-state index in [9.17, 15) is 5.11 Å². The van der Waals surface area contributed by atoms with E-state index in [-0.39, 0.29) is 0 Å². The van der Waals surface area contributed by atoms with Crippen molar-refractivity contribution in [3.63, 3.8) is 0 Å². The van der Waals surface area contributed by atoms with Crippen LogP contribution in [0, 0.1) is 0 Å². The van der Waals surface area contributed by atoms with Crippen LogP contribution >= 0.6 is 0 Å². The third-order valence-corrected chi connectivity index (χ3v) is 8.28. The van der Waals surface area contributed by atoms with Crippen molar-refractivity contribution in [2.75, 3.05) is 0 Å². The van der Waals surface area contributed by atoms with E-state index < -0.39 is 17.2 Å². The maximum absolute atomic E-state index is 11.5. The van der Waals surface area contributed by atoms with Crippen LogP contribution in [0.3, 0.4) is 0 Å². The Kier molecular flexibility index (Phi) is 17.0. The number of aliphatic hydroxyl groups is 1. The quantitative estimate of drug-likeness (QED) is 0.219. The fourth-order valence-corrected chi connectivity index (χ4v) is 5.74. The van der Waals surface area contributed by atoms with Crippen molar-refractivity contribution >= 4 is 0 Å². The van der Waals surface area contributed by atoms with Crippen LogP contribution in [0.25, 0.3) is 0 Å². The fourth-order valence-electron chi connectivity index (χ4n) is 5.74. The number of unbranched alkanes of at least 4 members (excludes halogenated alkanes) is 10. The van der Waals surface area contributed by atoms with Gasteiger partial charge in [0.1, 0.15) is 0 Å². The summed E-state index contributed by atoms with van der Waals surface area (Å²) in [6, 6.07) is 0. The molecule has 1 saturated carbocycles. The second-order valence-corrected chi connectivity index (χ2v) is 11.2. The highest BCUT2D eigenvalue weighted by molar-refractivity contribution is 5.04. The fraction of sp³-hybridized carbons (Fsp3) is 1.00. The zero-order valence-electron chi connectivity index (χ0n) is 22.1. The van der Waals surface area contributed by atoms with Crippen molar-refractivity contribution in [3.05, 3.63) is 0 Å². The van der Waals surface area contributed by atoms with Crippen LogP contribution in [0.1, 0.15) is 168 Å². The Hall–Kier alpha value is -0.120. The molecule has 0 radical (unpaired) electrons. The maximum Gasteiger partial charge on any atom is 0.0898 e. The van der Waals surface area contributed by atoms with E-state index in [4.69, 9.17) is 11.5 Å². The third-order valence-electron chi connectivity index (χ3n) is 8.28. The van der Waals surface area contributed by atoms with Gasteiger partial charge in [-0.3, -0.25) is 0 Å². The van der Waals surface area contributed by atoms with Gasteiger partial charge >= 0.3 is 0 Å². The molecule has 32 heavy (non-hydrogen) atoms. The van der Waals surface area contributed by atoms with Gasteiger partial charge in [-0.2, -0.15) is 0 Å². The summed E-state index contributed by atoms with van der Waals surface area (Å²) < 4.78 is 0. The lowest BCUT2D eigenvalue weighted by Gasteiger charge is -2.45. The van der Waals surface area contributed by atoms with Crippen molar-refractivity contribution in [2.24, 2.45) is 11.5 Å². The molecular weight excluding hydrogens is 392 g/mol. The second kappa shape index (κ2) is 18.2. The summed E-state index contributed by atoms with van der Waals surface area (Å²) in [6.07, 6.45) is 29.2. The van der Waals surface area contributed by atoms with Gasteiger partial charge < -0.3 is 16.6 Å². The first-order valence-electron chi connectivity index (χ1n) is 14.7. The molecule has 1 fully saturated rings. The molecule has 0 heterocycles. The molecule has 3 heteroatoms. The van der Waals surface area contributed by atoms with E-state index in [2.05, 4.69) is 13.8 Å². The van der Waals surface area contributed by atoms with Gasteiger partial charge in [0.2, 0.25) is 0 Å². The first-order chi connectivity index (χ1) is 15.5. The van der Waals surface area contributed by atoms with Crippen LogP contribution in [-0.2, 0) is 0 Å². The Morgan fingerprint density at radius 2 is 1.03 bits per heavy atom. The molecule has 0 bridgehead atoms. The minimum Gasteiger partial charge on any atom is -0.389 e. The smallest absolute Gasteiger partial charge is 0.0898 e. The van der Waals surface area contributed by atoms with E-state index in [1.807, 2.05) is 0 Å². The van der Waals surface area contributed by atoms with Gasteiger partial charge in [0.15, 0.2) is 0 Å². The molecule has 0 aromatic rings. The Balaban J connectivity index is 2.39. The molecule has 0 amide bonds. The summed E-state index contributed by atoms with van der Waals surface area (Å²) >= 11 is 0. The summed E-state index contributed by atoms with van der Waals surface area (Å²) in [5.74, 6) is 0. The molecule has 5 N–H and O–H groups in total. The molecule has 0 aromatic carbocycles. The van der Waals surface area contributed by atoms with Gasteiger partial charge in [0, 0.05) is 11.1 Å². The molecule has 2 atom stereocenters. The molecule has 1 rings (SSSR count). The third kappa shape index (κ3) is 12.4. The zero-order valence-corrected chi connectivity index (χ0v) is 22.1. The number of hydrogen-bond acceptors (Lipinski definition) is 3. The van der Waals surface area contributed by atoms with E-state index in [0.29, 0.717) is 0 Å². The molecule has 0 spiro atoms. The standard InChI is InChI=1S/C29H60N2O/c1-3-5-6-7-8-9-10-12-15-18-21-24-28(30,4-2)27(32)29(31)25-22-19-16-13-11-14-17-20-23-26-29/h27,32H,3-26,30-31H2,1-2H3. The van der Waals surface area contributed by atoms with Crippen LogP contribution in [0.5, 0.6) is 0 Å². The van der Waals surface area contributed by atoms with Gasteiger partial charge in [-0.25, -0.2) is 0 Å². The van der Waals surface area contributed by atoms with E-state index in [1.165, 1.54) is 109 Å². The van der Waals surface area contributed by atoms with Crippen LogP contribution < -0.4 is 11.5 Å². The van der Waals surface area contributed by atoms with Gasteiger partial charge in [0.05, 0.1) is 6.10 Å². The lowest BCUT2D eigenvalue weighted by molar-refractivity contribution is -0.00299. The van der Waals surface area contributed by atoms with Crippen LogP contribution in [-0.4, -0.2) is 22.3 Å². The SMILES string of the molecule is CCCCCCCCCCCCCC(N)(CC)C(O)C1(N)CCCCCCCCCCC1. The van der Waals surface area contributed by atoms with Crippen LogP contribution in [0.4, 0.5) is 0 Å². The highest BCUT2D eigenvalue weighted by Crippen LogP contribution is 2.33. The average Bonchev–Trinajstić information content (AvgIpc) is 2.79. The molecule has 1 aliphatic carbocycles. The predicted octanol–water partition coefficient (Wildman–Crippen LogP) is 8.16. The topological polar surface area (TPSA) is 72.3 Å². The molecule has 0 saturated heterocycles. The van der Waals surface area contributed by atoms with Gasteiger partial charge in [-0.15, -0.1) is 0 Å². The predicted molar refractivity (Wildman–Crippen MR) is 142 cm³/mol. The molecule has 0 aliphatic heterocycles. The van der Waals surface area contributed by atoms with Crippen LogP contribution in [0.2, 0.25) is 0 Å². The number of rotatable bonds is 15. The minimum atomic E-state index is -0.592. The summed E-state index contributed by atoms with van der Waals surface area (Å²) in [4.78, 5) is 0. The molecular formula is C29H60N2O. The van der Waals surface area contributed by atoms with Gasteiger partial charge in [-0.05, 0) is 25.7 Å². The molecule has 192 valence electrons. The van der Waals surface area contributed by atoms with Crippen molar-refractivity contribution in [2.45, 2.75) is 185 Å². The summed E-state index contributed by atoms with van der Waals surface area (Å²) in [5.41, 5.74) is 12.8. The zero-order chi connectivity index (χ0) is 23.5. The van der Waals surface area contributed by atoms with Crippen molar-refractivity contribution < 1.29 is 5.11 Å². The second-order valence-electron chi connectivity index (χ2n) is 11.2. The highest BCUT2D eigenvalue weighted by atomic mass is 16.3. The Bertz CT molecular complexity index is 415. The molecule has 0 aromatic heterocycles. The summed E-state index contributed by atoms with van der Waals surface area (Å²) in [5, 5.41) is 11.5. The van der Waals surface area contributed by atoms with E-state index in [0.717, 1.165) is 44.9 Å². The average molecular weight is 453 g/mol. The van der Waals surface area contributed by atoms with Crippen molar-refractivity contribution in [3.8, 4) is 0 Å². The number of nitrogens with two attached hydrogens (primary N) is 2. The molecule has 3 nitrogen and oxygen atoms in total. The highest BCUT2D eigenvalue weighted by Gasteiger charge is 2.44. The van der Waals surface area contributed by atoms with Crippen molar-refractivity contribution in [1.29, 1.82) is 0 Å². The first-order valence-corrected chi connectivity index (χ1v) is 14.7. The summed E-state index contributed by atoms with van der Waals surface area (Å²) in [6.45, 7) is 4.42. The molecule has 2 unspecified atom stereocenters. The lowest BCUT2D eigenvalue weighted by atomic mass is 9.71. The first kappa shape index (κ1) is 29.9. The minimum absolute atomic E-state index is 0.512. The van der Waals surface area contributed by atoms with Crippen molar-refractivity contribution in [1.82, 2.24) is 0 Å². The normalized spacial score (nSPS) is 21.3. The van der Waals surface area contributed by atoms with Gasteiger partial charge in [0.25, 0.3) is 0 Å². The Morgan fingerprint density at radius 3 is 1.44 bits per heavy atom. The maximum atomic E-state index is 11.5. The van der Waals surface area contributed by atoms with Gasteiger partial charge in [-0.1, -0.05) is 142 Å². The Labute approximate surface area is 201 Å². The van der Waals surface area contributed by atoms with E-state index in [1.54, 1.807) is 0 Å². The van der Waals surface area contributed by atoms with Crippen LogP contribution in [0.15, 0.2) is 0 Å². The monoisotopic (exact) mass is 452 g/mol. The number of aliphatic hydroxyl groups excluding tert-OH is 1. The van der Waals surface area contributed by atoms with E-state index >= 15 is 0 Å². The Morgan fingerprint density at radius 1 is 0.656 bits per heavy atom. The lowest BCUT2D eigenvalue weighted by Crippen LogP contribution is -2.65. The number of hydrogen-bond donors (Lipinski definition) is 3. The largest absolute Gasteiger partial charge is 0.389 e. The summed E-state index contributed by atoms with van der Waals surface area (Å²) in [7, 11) is 0. The molecule has 1 aliphatic rings.